The zero-order valence-corrected chi connectivity index (χ0v) is 23.1. The molecule has 2 aromatic carbocycles. The molecule has 0 bridgehead atoms. The van der Waals surface area contributed by atoms with E-state index >= 15 is 0 Å². The maximum atomic E-state index is 14.4. The van der Waals surface area contributed by atoms with Crippen LogP contribution >= 0.6 is 46.4 Å². The van der Waals surface area contributed by atoms with Crippen LogP contribution in [0.1, 0.15) is 28.8 Å². The molecule has 3 rings (SSSR count). The Balaban J connectivity index is 1.75. The van der Waals surface area contributed by atoms with Gasteiger partial charge in [-0.25, -0.2) is 13.2 Å². The summed E-state index contributed by atoms with van der Waals surface area (Å²) < 4.78 is 40.8. The molecular weight excluding hydrogens is 601 g/mol. The second-order valence-electron chi connectivity index (χ2n) is 8.44. The van der Waals surface area contributed by atoms with Gasteiger partial charge in [0.2, 0.25) is 11.8 Å². The zero-order chi connectivity index (χ0) is 29.1. The number of halogens is 7. The minimum atomic E-state index is -1.46. The average Bonchev–Trinajstić information content (AvgIpc) is 3.45. The second kappa shape index (κ2) is 12.5. The summed E-state index contributed by atoms with van der Waals surface area (Å²) in [5.74, 6) is -5.97. The molecule has 206 valence electrons. The topological polar surface area (TPSA) is 87.3 Å². The van der Waals surface area contributed by atoms with Crippen molar-refractivity contribution in [3.8, 4) is 0 Å². The molecule has 6 nitrogen and oxygen atoms in total. The third-order valence-electron chi connectivity index (χ3n) is 5.57. The highest BCUT2D eigenvalue weighted by atomic mass is 35.5. The first-order valence-electron chi connectivity index (χ1n) is 11.1. The van der Waals surface area contributed by atoms with E-state index in [1.165, 1.54) is 13.0 Å². The van der Waals surface area contributed by atoms with E-state index in [4.69, 9.17) is 46.4 Å². The van der Waals surface area contributed by atoms with Crippen LogP contribution in [-0.4, -0.2) is 28.7 Å². The Morgan fingerprint density at radius 3 is 2.36 bits per heavy atom. The Labute approximate surface area is 241 Å². The first-order chi connectivity index (χ1) is 18.3. The molecule has 0 aliphatic heterocycles. The minimum absolute atomic E-state index is 0.00761. The summed E-state index contributed by atoms with van der Waals surface area (Å²) in [6.07, 6.45) is 1.82. The molecule has 39 heavy (non-hydrogen) atoms. The normalized spacial score (nSPS) is 18.3. The summed E-state index contributed by atoms with van der Waals surface area (Å²) in [6, 6.07) is 7.79. The average molecular weight is 621 g/mol. The van der Waals surface area contributed by atoms with Crippen molar-refractivity contribution >= 4 is 69.8 Å². The van der Waals surface area contributed by atoms with Crippen LogP contribution in [0.3, 0.4) is 0 Å². The van der Waals surface area contributed by atoms with Gasteiger partial charge < -0.3 is 16.0 Å². The van der Waals surface area contributed by atoms with Crippen LogP contribution in [0.15, 0.2) is 72.4 Å². The molecule has 2 atom stereocenters. The summed E-state index contributed by atoms with van der Waals surface area (Å²) >= 11 is 24.7. The molecule has 0 saturated heterocycles. The largest absolute Gasteiger partial charge is 0.327 e. The van der Waals surface area contributed by atoms with Crippen molar-refractivity contribution in [2.45, 2.75) is 17.2 Å². The van der Waals surface area contributed by atoms with E-state index in [-0.39, 0.29) is 16.4 Å². The molecule has 0 unspecified atom stereocenters. The number of alkyl halides is 3. The first-order valence-corrected chi connectivity index (χ1v) is 12.6. The molecule has 2 aromatic rings. The van der Waals surface area contributed by atoms with E-state index in [0.717, 1.165) is 24.3 Å². The Morgan fingerprint density at radius 2 is 1.74 bits per heavy atom. The van der Waals surface area contributed by atoms with Gasteiger partial charge >= 0.3 is 0 Å². The predicted octanol–water partition coefficient (Wildman–Crippen LogP) is 6.74. The van der Waals surface area contributed by atoms with Crippen molar-refractivity contribution in [2.75, 3.05) is 12.0 Å². The lowest BCUT2D eigenvalue weighted by molar-refractivity contribution is -0.118. The van der Waals surface area contributed by atoms with E-state index in [9.17, 15) is 27.6 Å². The second-order valence-corrected chi connectivity index (χ2v) is 10.7. The quantitative estimate of drug-likeness (QED) is 0.214. The lowest BCUT2D eigenvalue weighted by Crippen LogP contribution is -2.26. The number of hydrogen-bond acceptors (Lipinski definition) is 3. The maximum Gasteiger partial charge on any atom is 0.258 e. The molecule has 0 heterocycles. The van der Waals surface area contributed by atoms with Crippen LogP contribution in [0.4, 0.5) is 18.9 Å². The molecule has 0 aromatic heterocycles. The van der Waals surface area contributed by atoms with Gasteiger partial charge in [0.05, 0.1) is 27.2 Å². The number of amides is 3. The Bertz CT molecular complexity index is 1410. The first kappa shape index (κ1) is 30.6. The fraction of sp³-hybridized carbons (Fsp3) is 0.192. The van der Waals surface area contributed by atoms with Crippen LogP contribution in [-0.2, 0) is 9.59 Å². The van der Waals surface area contributed by atoms with Gasteiger partial charge in [-0.2, -0.15) is 0 Å². The molecule has 1 aliphatic rings. The molecule has 3 N–H and O–H groups in total. The summed E-state index contributed by atoms with van der Waals surface area (Å²) in [5, 5.41) is 7.32. The predicted molar refractivity (Wildman–Crippen MR) is 146 cm³/mol. The standard InChI is InChI=1S/C26H20Cl4F3N3O3/c1-12(34-13(2)37)3-7-20(33)21(11-31)36-24(38)16-10-15(5-8-19(16)32)35-25(39)23-22(26(23,29)30)14-4-6-17(27)18(28)9-14/h3-10,22-23H,1,11H2,2H3,(H,34,37)(H,35,39)(H,36,38)/b7-3-,21-20-/t22-,23+/m0/s1. The van der Waals surface area contributed by atoms with Gasteiger partial charge in [-0.15, -0.1) is 23.2 Å². The van der Waals surface area contributed by atoms with Crippen molar-refractivity contribution in [1.29, 1.82) is 0 Å². The number of rotatable bonds is 9. The Morgan fingerprint density at radius 1 is 1.05 bits per heavy atom. The van der Waals surface area contributed by atoms with Crippen molar-refractivity contribution < 1.29 is 27.6 Å². The molecule has 0 radical (unpaired) electrons. The number of nitrogens with one attached hydrogen (secondary N) is 3. The molecule has 1 aliphatic carbocycles. The van der Waals surface area contributed by atoms with Crippen molar-refractivity contribution in [2.24, 2.45) is 5.92 Å². The highest BCUT2D eigenvalue weighted by Crippen LogP contribution is 2.65. The molecule has 3 amide bonds. The zero-order valence-electron chi connectivity index (χ0n) is 20.1. The smallest absolute Gasteiger partial charge is 0.258 e. The highest BCUT2D eigenvalue weighted by Gasteiger charge is 2.67. The molecule has 0 spiro atoms. The third-order valence-corrected chi connectivity index (χ3v) is 7.25. The van der Waals surface area contributed by atoms with Crippen LogP contribution in [0.2, 0.25) is 10.0 Å². The van der Waals surface area contributed by atoms with Gasteiger partial charge in [-0.3, -0.25) is 14.4 Å². The number of benzene rings is 2. The number of allylic oxidation sites excluding steroid dienone is 4. The van der Waals surface area contributed by atoms with Crippen molar-refractivity contribution in [3.63, 3.8) is 0 Å². The fourth-order valence-electron chi connectivity index (χ4n) is 3.67. The molecule has 13 heteroatoms. The lowest BCUT2D eigenvalue weighted by atomic mass is 10.1. The van der Waals surface area contributed by atoms with Crippen molar-refractivity contribution in [3.05, 3.63) is 99.3 Å². The summed E-state index contributed by atoms with van der Waals surface area (Å²) in [5.41, 5.74) is -0.786. The minimum Gasteiger partial charge on any atom is -0.327 e. The maximum absolute atomic E-state index is 14.4. The van der Waals surface area contributed by atoms with Crippen LogP contribution < -0.4 is 16.0 Å². The van der Waals surface area contributed by atoms with Gasteiger partial charge in [0.1, 0.15) is 22.7 Å². The van der Waals surface area contributed by atoms with Gasteiger partial charge in [-0.1, -0.05) is 35.8 Å². The van der Waals surface area contributed by atoms with E-state index in [1.807, 2.05) is 5.32 Å². The number of carbonyl (C=O) groups is 3. The number of anilines is 1. The van der Waals surface area contributed by atoms with Gasteiger partial charge in [-0.05, 0) is 48.0 Å². The Kier molecular flexibility index (Phi) is 9.77. The lowest BCUT2D eigenvalue weighted by Gasteiger charge is -2.11. The van der Waals surface area contributed by atoms with E-state index in [0.29, 0.717) is 10.6 Å². The van der Waals surface area contributed by atoms with Gasteiger partial charge in [0.25, 0.3) is 5.91 Å². The van der Waals surface area contributed by atoms with E-state index in [2.05, 4.69) is 17.2 Å². The fourth-order valence-corrected chi connectivity index (χ4v) is 4.81. The molecular formula is C26H20Cl4F3N3O3. The monoisotopic (exact) mass is 619 g/mol. The third kappa shape index (κ3) is 7.36. The Hall–Kier alpha value is -2.98. The van der Waals surface area contributed by atoms with Crippen molar-refractivity contribution in [1.82, 2.24) is 10.6 Å². The highest BCUT2D eigenvalue weighted by molar-refractivity contribution is 6.53. The van der Waals surface area contributed by atoms with E-state index < -0.39 is 63.5 Å². The summed E-state index contributed by atoms with van der Waals surface area (Å²) in [6.45, 7) is 3.24. The SMILES string of the molecule is C=C(/C=C\C(F)=C(/CF)NC(=O)c1cc(NC(=O)[C@H]2[C@H](c3ccc(Cl)c(Cl)c3)C2(Cl)Cl)ccc1F)NC(C)=O. The molecule has 1 saturated carbocycles. The molecule has 1 fully saturated rings. The van der Waals surface area contributed by atoms with Gasteiger partial charge in [0, 0.05) is 24.2 Å². The summed E-state index contributed by atoms with van der Waals surface area (Å²) in [7, 11) is 0. The summed E-state index contributed by atoms with van der Waals surface area (Å²) in [4.78, 5) is 36.5. The van der Waals surface area contributed by atoms with Crippen LogP contribution in [0.5, 0.6) is 0 Å². The van der Waals surface area contributed by atoms with Crippen LogP contribution in [0.25, 0.3) is 0 Å². The number of carbonyl (C=O) groups excluding carboxylic acids is 3. The van der Waals surface area contributed by atoms with E-state index in [1.54, 1.807) is 18.2 Å². The van der Waals surface area contributed by atoms with Gasteiger partial charge in [0.15, 0.2) is 0 Å². The number of hydrogen-bond donors (Lipinski definition) is 3. The van der Waals surface area contributed by atoms with Crippen LogP contribution in [0, 0.1) is 11.7 Å².